The van der Waals surface area contributed by atoms with Crippen molar-refractivity contribution in [2.24, 2.45) is 0 Å². The van der Waals surface area contributed by atoms with Gasteiger partial charge in [-0.2, -0.15) is 5.10 Å². The Morgan fingerprint density at radius 3 is 3.08 bits per heavy atom. The molecule has 1 atom stereocenters. The maximum absolute atomic E-state index is 12.8. The number of aryl methyl sites for hydroxylation is 2. The topological polar surface area (TPSA) is 99.2 Å². The number of fused-ring (bicyclic) bond motifs is 2. The number of carbonyl (C=O) groups is 1. The van der Waals surface area contributed by atoms with Crippen molar-refractivity contribution in [3.05, 3.63) is 35.7 Å². The second kappa shape index (κ2) is 6.15. The number of nitrogens with zero attached hydrogens (tertiary/aromatic N) is 6. The number of hydrogen-bond donors (Lipinski definition) is 1. The molecule has 0 bridgehead atoms. The summed E-state index contributed by atoms with van der Waals surface area (Å²) >= 11 is 0. The van der Waals surface area contributed by atoms with E-state index in [0.717, 1.165) is 37.5 Å². The van der Waals surface area contributed by atoms with Gasteiger partial charge in [-0.05, 0) is 18.9 Å². The smallest absolute Gasteiger partial charge is 0.272 e. The van der Waals surface area contributed by atoms with Gasteiger partial charge in [0, 0.05) is 19.0 Å². The molecule has 0 aliphatic carbocycles. The van der Waals surface area contributed by atoms with Gasteiger partial charge in [0.15, 0.2) is 17.2 Å². The molecule has 0 saturated carbocycles. The highest BCUT2D eigenvalue weighted by molar-refractivity contribution is 5.93. The fourth-order valence-electron chi connectivity index (χ4n) is 3.04. The number of rotatable bonds is 4. The first-order chi connectivity index (χ1) is 12.2. The van der Waals surface area contributed by atoms with Gasteiger partial charge in [0.2, 0.25) is 5.88 Å². The summed E-state index contributed by atoms with van der Waals surface area (Å²) in [6.45, 7) is 2.86. The highest BCUT2D eigenvalue weighted by atomic mass is 16.5. The van der Waals surface area contributed by atoms with Crippen molar-refractivity contribution in [2.75, 3.05) is 7.11 Å². The lowest BCUT2D eigenvalue weighted by Gasteiger charge is -2.22. The lowest BCUT2D eigenvalue weighted by molar-refractivity contribution is 0.0920. The van der Waals surface area contributed by atoms with Gasteiger partial charge in [-0.25, -0.2) is 19.2 Å². The quantitative estimate of drug-likeness (QED) is 0.764. The zero-order chi connectivity index (χ0) is 17.4. The van der Waals surface area contributed by atoms with Crippen molar-refractivity contribution < 1.29 is 9.53 Å². The van der Waals surface area contributed by atoms with Gasteiger partial charge in [0.25, 0.3) is 5.91 Å². The van der Waals surface area contributed by atoms with E-state index in [2.05, 4.69) is 25.5 Å². The van der Waals surface area contributed by atoms with Crippen LogP contribution in [0.5, 0.6) is 5.88 Å². The molecule has 4 rings (SSSR count). The first-order valence-corrected chi connectivity index (χ1v) is 8.33. The summed E-state index contributed by atoms with van der Waals surface area (Å²) in [7, 11) is 1.53. The van der Waals surface area contributed by atoms with Gasteiger partial charge in [-0.15, -0.1) is 5.10 Å². The largest absolute Gasteiger partial charge is 0.480 e. The van der Waals surface area contributed by atoms with Crippen LogP contribution in [0, 0.1) is 0 Å². The van der Waals surface area contributed by atoms with E-state index in [4.69, 9.17) is 4.74 Å². The number of methoxy groups -OCH3 is 1. The number of amides is 1. The molecule has 9 heteroatoms. The summed E-state index contributed by atoms with van der Waals surface area (Å²) in [5, 5.41) is 11.8. The fraction of sp³-hybridized carbons (Fsp3) is 0.438. The Balaban J connectivity index is 1.62. The standard InChI is InChI=1S/C16H19N7O2/c1-3-12-19-15-10(5-4-8-22(15)20-12)18-16(24)11-9-17-13-6-7-14(25-2)21-23(11)13/h6-7,9-10H,3-5,8H2,1-2H3,(H,18,24). The first kappa shape index (κ1) is 15.6. The molecule has 0 fully saturated rings. The minimum Gasteiger partial charge on any atom is -0.480 e. The van der Waals surface area contributed by atoms with Gasteiger partial charge < -0.3 is 10.1 Å². The minimum atomic E-state index is -0.243. The van der Waals surface area contributed by atoms with E-state index >= 15 is 0 Å². The highest BCUT2D eigenvalue weighted by Gasteiger charge is 2.27. The molecule has 0 aromatic carbocycles. The summed E-state index contributed by atoms with van der Waals surface area (Å²) in [4.78, 5) is 21.5. The summed E-state index contributed by atoms with van der Waals surface area (Å²) in [6.07, 6.45) is 4.07. The molecule has 0 saturated heterocycles. The molecule has 3 aromatic rings. The van der Waals surface area contributed by atoms with Crippen LogP contribution in [0.3, 0.4) is 0 Å². The third-order valence-corrected chi connectivity index (χ3v) is 4.32. The maximum Gasteiger partial charge on any atom is 0.272 e. The van der Waals surface area contributed by atoms with Crippen LogP contribution < -0.4 is 10.1 Å². The molecule has 4 heterocycles. The number of ether oxygens (including phenoxy) is 1. The molecule has 0 radical (unpaired) electrons. The summed E-state index contributed by atoms with van der Waals surface area (Å²) in [6, 6.07) is 3.30. The van der Waals surface area contributed by atoms with E-state index in [1.54, 1.807) is 12.1 Å². The van der Waals surface area contributed by atoms with E-state index < -0.39 is 0 Å². The number of nitrogens with one attached hydrogen (secondary N) is 1. The predicted octanol–water partition coefficient (Wildman–Crippen LogP) is 1.16. The number of imidazole rings is 1. The van der Waals surface area contributed by atoms with Gasteiger partial charge in [-0.3, -0.25) is 4.79 Å². The SMILES string of the molecule is CCc1nc2n(n1)CCCC2NC(=O)c1cnc2ccc(OC)nn12. The van der Waals surface area contributed by atoms with E-state index in [1.165, 1.54) is 17.8 Å². The molecular formula is C16H19N7O2. The van der Waals surface area contributed by atoms with E-state index in [0.29, 0.717) is 17.2 Å². The highest BCUT2D eigenvalue weighted by Crippen LogP contribution is 2.23. The Kier molecular flexibility index (Phi) is 3.83. The fourth-order valence-corrected chi connectivity index (χ4v) is 3.04. The Hall–Kier alpha value is -2.97. The van der Waals surface area contributed by atoms with Gasteiger partial charge in [-0.1, -0.05) is 6.92 Å². The van der Waals surface area contributed by atoms with Crippen molar-refractivity contribution in [1.82, 2.24) is 34.7 Å². The van der Waals surface area contributed by atoms with Gasteiger partial charge >= 0.3 is 0 Å². The molecule has 9 nitrogen and oxygen atoms in total. The molecule has 3 aromatic heterocycles. The molecule has 1 N–H and O–H groups in total. The molecular weight excluding hydrogens is 322 g/mol. The zero-order valence-corrected chi connectivity index (χ0v) is 14.1. The molecule has 25 heavy (non-hydrogen) atoms. The van der Waals surface area contributed by atoms with Crippen LogP contribution in [0.2, 0.25) is 0 Å². The third-order valence-electron chi connectivity index (χ3n) is 4.32. The third kappa shape index (κ3) is 2.71. The molecule has 1 aliphatic heterocycles. The minimum absolute atomic E-state index is 0.162. The van der Waals surface area contributed by atoms with Crippen LogP contribution >= 0.6 is 0 Å². The van der Waals surface area contributed by atoms with Crippen molar-refractivity contribution in [2.45, 2.75) is 38.8 Å². The molecule has 130 valence electrons. The second-order valence-electron chi connectivity index (χ2n) is 5.92. The summed E-state index contributed by atoms with van der Waals surface area (Å²) in [5.41, 5.74) is 0.951. The van der Waals surface area contributed by atoms with Crippen LogP contribution in [-0.2, 0) is 13.0 Å². The van der Waals surface area contributed by atoms with Crippen LogP contribution in [-0.4, -0.2) is 42.4 Å². The monoisotopic (exact) mass is 341 g/mol. The Labute approximate surface area is 144 Å². The molecule has 1 aliphatic rings. The predicted molar refractivity (Wildman–Crippen MR) is 88.4 cm³/mol. The molecule has 1 unspecified atom stereocenters. The van der Waals surface area contributed by atoms with Crippen molar-refractivity contribution in [1.29, 1.82) is 0 Å². The lowest BCUT2D eigenvalue weighted by atomic mass is 10.1. The van der Waals surface area contributed by atoms with Gasteiger partial charge in [0.05, 0.1) is 19.3 Å². The summed E-state index contributed by atoms with van der Waals surface area (Å²) in [5.74, 6) is 1.80. The Bertz CT molecular complexity index is 930. The van der Waals surface area contributed by atoms with Crippen LogP contribution in [0.1, 0.15) is 47.9 Å². The first-order valence-electron chi connectivity index (χ1n) is 8.33. The Morgan fingerprint density at radius 2 is 2.28 bits per heavy atom. The van der Waals surface area contributed by atoms with E-state index in [9.17, 15) is 4.79 Å². The van der Waals surface area contributed by atoms with Crippen LogP contribution in [0.4, 0.5) is 0 Å². The summed E-state index contributed by atoms with van der Waals surface area (Å²) < 4.78 is 8.50. The van der Waals surface area contributed by atoms with Crippen molar-refractivity contribution in [3.8, 4) is 5.88 Å². The normalized spacial score (nSPS) is 16.6. The van der Waals surface area contributed by atoms with Crippen molar-refractivity contribution in [3.63, 3.8) is 0 Å². The zero-order valence-electron chi connectivity index (χ0n) is 14.1. The molecule has 1 amide bonds. The van der Waals surface area contributed by atoms with Crippen LogP contribution in [0.25, 0.3) is 5.65 Å². The molecule has 0 spiro atoms. The Morgan fingerprint density at radius 1 is 1.40 bits per heavy atom. The average molecular weight is 341 g/mol. The number of aromatic nitrogens is 6. The van der Waals surface area contributed by atoms with Crippen LogP contribution in [0.15, 0.2) is 18.3 Å². The average Bonchev–Trinajstić information content (AvgIpc) is 3.25. The second-order valence-corrected chi connectivity index (χ2v) is 5.92. The maximum atomic E-state index is 12.8. The van der Waals surface area contributed by atoms with E-state index in [1.807, 2.05) is 11.6 Å². The van der Waals surface area contributed by atoms with Crippen molar-refractivity contribution >= 4 is 11.6 Å². The number of carbonyl (C=O) groups excluding carboxylic acids is 1. The van der Waals surface area contributed by atoms with E-state index in [-0.39, 0.29) is 11.9 Å². The number of hydrogen-bond acceptors (Lipinski definition) is 6. The lowest BCUT2D eigenvalue weighted by Crippen LogP contribution is -2.34. The van der Waals surface area contributed by atoms with Gasteiger partial charge in [0.1, 0.15) is 5.82 Å².